The Morgan fingerprint density at radius 1 is 1.25 bits per heavy atom. The lowest BCUT2D eigenvalue weighted by atomic mass is 10.0. The third-order valence-electron chi connectivity index (χ3n) is 4.01. The van der Waals surface area contributed by atoms with E-state index < -0.39 is 5.60 Å². The van der Waals surface area contributed by atoms with Crippen molar-refractivity contribution in [1.29, 1.82) is 0 Å². The summed E-state index contributed by atoms with van der Waals surface area (Å²) in [6.07, 6.45) is 3.37. The first kappa shape index (κ1) is 16.3. The number of anilines is 1. The summed E-state index contributed by atoms with van der Waals surface area (Å²) in [6.45, 7) is 1.60. The molecule has 0 aliphatic heterocycles. The van der Waals surface area contributed by atoms with Crippen molar-refractivity contribution >= 4 is 17.5 Å². The SMILES string of the molecule is CC(O)(CNC(=O)c1ccc(NC(=O)C2CC2)cc1)c1ccco1. The van der Waals surface area contributed by atoms with Crippen LogP contribution in [0.3, 0.4) is 0 Å². The molecule has 1 atom stereocenters. The summed E-state index contributed by atoms with van der Waals surface area (Å²) in [7, 11) is 0. The molecule has 0 bridgehead atoms. The Morgan fingerprint density at radius 2 is 1.96 bits per heavy atom. The van der Waals surface area contributed by atoms with E-state index in [1.54, 1.807) is 43.3 Å². The van der Waals surface area contributed by atoms with Gasteiger partial charge in [-0.25, -0.2) is 0 Å². The Labute approximate surface area is 139 Å². The lowest BCUT2D eigenvalue weighted by molar-refractivity contribution is -0.117. The van der Waals surface area contributed by atoms with E-state index in [0.29, 0.717) is 17.0 Å². The minimum absolute atomic E-state index is 0.0273. The molecule has 1 aromatic carbocycles. The number of aliphatic hydroxyl groups is 1. The fourth-order valence-corrected chi connectivity index (χ4v) is 2.32. The van der Waals surface area contributed by atoms with Crippen molar-refractivity contribution in [1.82, 2.24) is 5.32 Å². The van der Waals surface area contributed by atoms with Crippen LogP contribution < -0.4 is 10.6 Å². The molecule has 126 valence electrons. The number of amides is 2. The third-order valence-corrected chi connectivity index (χ3v) is 4.01. The predicted molar refractivity (Wildman–Crippen MR) is 88.4 cm³/mol. The van der Waals surface area contributed by atoms with Gasteiger partial charge in [0, 0.05) is 17.2 Å². The maximum Gasteiger partial charge on any atom is 0.251 e. The zero-order chi connectivity index (χ0) is 17.2. The molecule has 1 heterocycles. The molecule has 1 fully saturated rings. The van der Waals surface area contributed by atoms with E-state index >= 15 is 0 Å². The van der Waals surface area contributed by atoms with Crippen LogP contribution in [0.15, 0.2) is 47.1 Å². The van der Waals surface area contributed by atoms with Gasteiger partial charge in [-0.1, -0.05) is 0 Å². The Hall–Kier alpha value is -2.60. The molecule has 0 spiro atoms. The van der Waals surface area contributed by atoms with E-state index in [1.165, 1.54) is 6.26 Å². The van der Waals surface area contributed by atoms with Crippen LogP contribution in [0.4, 0.5) is 5.69 Å². The number of hydrogen-bond donors (Lipinski definition) is 3. The molecule has 1 unspecified atom stereocenters. The minimum atomic E-state index is -1.28. The van der Waals surface area contributed by atoms with E-state index in [0.717, 1.165) is 12.8 Å². The van der Waals surface area contributed by atoms with Crippen molar-refractivity contribution in [3.8, 4) is 0 Å². The van der Waals surface area contributed by atoms with Gasteiger partial charge in [0.1, 0.15) is 11.4 Å². The molecule has 0 saturated heterocycles. The average Bonchev–Trinajstić information content (AvgIpc) is 3.27. The van der Waals surface area contributed by atoms with Gasteiger partial charge in [0.25, 0.3) is 5.91 Å². The van der Waals surface area contributed by atoms with Crippen LogP contribution >= 0.6 is 0 Å². The Kier molecular flexibility index (Phi) is 4.40. The summed E-state index contributed by atoms with van der Waals surface area (Å²) in [5.74, 6) is 0.251. The van der Waals surface area contributed by atoms with Crippen LogP contribution in [0.5, 0.6) is 0 Å². The summed E-state index contributed by atoms with van der Waals surface area (Å²) < 4.78 is 5.17. The van der Waals surface area contributed by atoms with Gasteiger partial charge >= 0.3 is 0 Å². The van der Waals surface area contributed by atoms with Crippen molar-refractivity contribution in [3.05, 3.63) is 54.0 Å². The topological polar surface area (TPSA) is 91.6 Å². The van der Waals surface area contributed by atoms with Gasteiger partial charge in [-0.15, -0.1) is 0 Å². The van der Waals surface area contributed by atoms with E-state index in [2.05, 4.69) is 10.6 Å². The lowest BCUT2D eigenvalue weighted by Gasteiger charge is -2.21. The summed E-state index contributed by atoms with van der Waals surface area (Å²) in [5.41, 5.74) is -0.155. The van der Waals surface area contributed by atoms with E-state index in [-0.39, 0.29) is 24.3 Å². The number of benzene rings is 1. The molecule has 3 N–H and O–H groups in total. The maximum absolute atomic E-state index is 12.2. The Bertz CT molecular complexity index is 716. The first-order valence-corrected chi connectivity index (χ1v) is 7.91. The van der Waals surface area contributed by atoms with E-state index in [4.69, 9.17) is 4.42 Å². The van der Waals surface area contributed by atoms with Crippen LogP contribution in [-0.4, -0.2) is 23.5 Å². The molecular weight excluding hydrogens is 308 g/mol. The predicted octanol–water partition coefficient (Wildman–Crippen LogP) is 2.27. The normalized spacial score (nSPS) is 16.2. The van der Waals surface area contributed by atoms with Crippen LogP contribution in [0.2, 0.25) is 0 Å². The fraction of sp³-hybridized carbons (Fsp3) is 0.333. The molecule has 1 aliphatic rings. The maximum atomic E-state index is 12.2. The number of hydrogen-bond acceptors (Lipinski definition) is 4. The van der Waals surface area contributed by atoms with Gasteiger partial charge in [-0.05, 0) is 56.2 Å². The molecule has 1 aromatic heterocycles. The van der Waals surface area contributed by atoms with Crippen molar-refractivity contribution in [3.63, 3.8) is 0 Å². The molecular formula is C18H20N2O4. The Balaban J connectivity index is 1.55. The molecule has 6 heteroatoms. The minimum Gasteiger partial charge on any atom is -0.466 e. The molecule has 2 amide bonds. The van der Waals surface area contributed by atoms with Crippen LogP contribution in [0.25, 0.3) is 0 Å². The quantitative estimate of drug-likeness (QED) is 0.758. The second-order valence-corrected chi connectivity index (χ2v) is 6.27. The molecule has 1 saturated carbocycles. The molecule has 3 rings (SSSR count). The first-order valence-electron chi connectivity index (χ1n) is 7.91. The Morgan fingerprint density at radius 3 is 2.54 bits per heavy atom. The average molecular weight is 328 g/mol. The summed E-state index contributed by atoms with van der Waals surface area (Å²) >= 11 is 0. The number of carbonyl (C=O) groups is 2. The highest BCUT2D eigenvalue weighted by Gasteiger charge is 2.29. The van der Waals surface area contributed by atoms with Crippen LogP contribution in [0.1, 0.15) is 35.9 Å². The van der Waals surface area contributed by atoms with Crippen molar-refractivity contribution in [2.24, 2.45) is 5.92 Å². The van der Waals surface area contributed by atoms with Gasteiger partial charge in [-0.2, -0.15) is 0 Å². The fourth-order valence-electron chi connectivity index (χ4n) is 2.32. The smallest absolute Gasteiger partial charge is 0.251 e. The van der Waals surface area contributed by atoms with Gasteiger partial charge < -0.3 is 20.2 Å². The first-order chi connectivity index (χ1) is 11.5. The summed E-state index contributed by atoms with van der Waals surface area (Å²) in [5, 5.41) is 15.8. The standard InChI is InChI=1S/C18H20N2O4/c1-18(23,15-3-2-10-24-15)11-19-16(21)12-6-8-14(9-7-12)20-17(22)13-4-5-13/h2-3,6-10,13,23H,4-5,11H2,1H3,(H,19,21)(H,20,22). The van der Waals surface area contributed by atoms with E-state index in [9.17, 15) is 14.7 Å². The largest absolute Gasteiger partial charge is 0.466 e. The molecule has 2 aromatic rings. The molecule has 0 radical (unpaired) electrons. The van der Waals surface area contributed by atoms with Crippen molar-refractivity contribution in [2.75, 3.05) is 11.9 Å². The molecule has 1 aliphatic carbocycles. The summed E-state index contributed by atoms with van der Waals surface area (Å²) in [4.78, 5) is 23.9. The van der Waals surface area contributed by atoms with Crippen molar-refractivity contribution in [2.45, 2.75) is 25.4 Å². The van der Waals surface area contributed by atoms with Crippen LogP contribution in [0, 0.1) is 5.92 Å². The van der Waals surface area contributed by atoms with Gasteiger partial charge in [-0.3, -0.25) is 9.59 Å². The van der Waals surface area contributed by atoms with Gasteiger partial charge in [0.15, 0.2) is 0 Å². The van der Waals surface area contributed by atoms with Gasteiger partial charge in [0.2, 0.25) is 5.91 Å². The highest BCUT2D eigenvalue weighted by atomic mass is 16.4. The number of furan rings is 1. The lowest BCUT2D eigenvalue weighted by Crippen LogP contribution is -2.38. The zero-order valence-corrected chi connectivity index (χ0v) is 13.4. The molecule has 24 heavy (non-hydrogen) atoms. The second-order valence-electron chi connectivity index (χ2n) is 6.27. The highest BCUT2D eigenvalue weighted by molar-refractivity contribution is 5.96. The van der Waals surface area contributed by atoms with Crippen LogP contribution in [-0.2, 0) is 10.4 Å². The number of carbonyl (C=O) groups excluding carboxylic acids is 2. The molecule has 6 nitrogen and oxygen atoms in total. The second kappa shape index (κ2) is 6.49. The third kappa shape index (κ3) is 3.83. The number of rotatable bonds is 6. The monoisotopic (exact) mass is 328 g/mol. The van der Waals surface area contributed by atoms with E-state index in [1.807, 2.05) is 0 Å². The van der Waals surface area contributed by atoms with Crippen molar-refractivity contribution < 1.29 is 19.1 Å². The number of nitrogens with one attached hydrogen (secondary N) is 2. The zero-order valence-electron chi connectivity index (χ0n) is 13.4. The summed E-state index contributed by atoms with van der Waals surface area (Å²) in [6, 6.07) is 10.0. The highest BCUT2D eigenvalue weighted by Crippen LogP contribution is 2.30. The van der Waals surface area contributed by atoms with Gasteiger partial charge in [0.05, 0.1) is 12.8 Å².